The lowest BCUT2D eigenvalue weighted by Crippen LogP contribution is -2.48. The summed E-state index contributed by atoms with van der Waals surface area (Å²) < 4.78 is 0. The van der Waals surface area contributed by atoms with Gasteiger partial charge in [-0.1, -0.05) is 31.2 Å². The Morgan fingerprint density at radius 2 is 1.80 bits per heavy atom. The van der Waals surface area contributed by atoms with Crippen molar-refractivity contribution >= 4 is 17.5 Å². The zero-order valence-electron chi connectivity index (χ0n) is 15.3. The van der Waals surface area contributed by atoms with Crippen molar-refractivity contribution in [2.75, 3.05) is 37.6 Å². The Hall–Kier alpha value is -2.30. The highest BCUT2D eigenvalue weighted by Gasteiger charge is 2.20. The molecular weight excluding hydrogens is 314 g/mol. The van der Waals surface area contributed by atoms with E-state index in [0.29, 0.717) is 19.4 Å². The summed E-state index contributed by atoms with van der Waals surface area (Å²) in [6.45, 7) is 7.63. The summed E-state index contributed by atoms with van der Waals surface area (Å²) in [5, 5.41) is 2.87. The van der Waals surface area contributed by atoms with Crippen LogP contribution in [-0.2, 0) is 9.59 Å². The second kappa shape index (κ2) is 9.87. The maximum atomic E-state index is 12.3. The number of para-hydroxylation sites is 1. The molecule has 25 heavy (non-hydrogen) atoms. The van der Waals surface area contributed by atoms with Crippen molar-refractivity contribution in [3.8, 4) is 0 Å². The largest absolute Gasteiger partial charge is 0.368 e. The van der Waals surface area contributed by atoms with Gasteiger partial charge in [-0.15, -0.1) is 0 Å². The number of amides is 2. The highest BCUT2D eigenvalue weighted by molar-refractivity contribution is 5.92. The summed E-state index contributed by atoms with van der Waals surface area (Å²) >= 11 is 0. The molecule has 1 aromatic carbocycles. The Balaban J connectivity index is 1.66. The van der Waals surface area contributed by atoms with Gasteiger partial charge in [0.15, 0.2) is 0 Å². The highest BCUT2D eigenvalue weighted by atomic mass is 16.2. The van der Waals surface area contributed by atoms with Gasteiger partial charge in [-0.05, 0) is 31.9 Å². The topological polar surface area (TPSA) is 52.7 Å². The summed E-state index contributed by atoms with van der Waals surface area (Å²) in [5.41, 5.74) is 1.96. The van der Waals surface area contributed by atoms with Crippen LogP contribution >= 0.6 is 0 Å². The molecule has 0 saturated carbocycles. The van der Waals surface area contributed by atoms with Crippen LogP contribution in [0.5, 0.6) is 0 Å². The number of carbonyl (C=O) groups excluding carboxylic acids is 2. The van der Waals surface area contributed by atoms with Crippen molar-refractivity contribution in [1.29, 1.82) is 0 Å². The van der Waals surface area contributed by atoms with Crippen LogP contribution in [0.3, 0.4) is 0 Å². The van der Waals surface area contributed by atoms with E-state index in [9.17, 15) is 9.59 Å². The monoisotopic (exact) mass is 343 g/mol. The standard InChI is InChI=1S/C20H29N3O2/c1-3-8-17(2)20(25)21-12-7-11-19(24)23-15-13-22(14-16-23)18-9-5-4-6-10-18/h4-6,8-10H,3,7,11-16H2,1-2H3,(H,21,25)/b17-8-. The third-order valence-electron chi connectivity index (χ3n) is 4.48. The van der Waals surface area contributed by atoms with Gasteiger partial charge in [0, 0.05) is 50.4 Å². The number of piperazine rings is 1. The predicted molar refractivity (Wildman–Crippen MR) is 102 cm³/mol. The summed E-state index contributed by atoms with van der Waals surface area (Å²) in [4.78, 5) is 28.3. The molecule has 2 amide bonds. The number of nitrogens with one attached hydrogen (secondary N) is 1. The molecule has 1 aliphatic heterocycles. The Kier molecular flexibility index (Phi) is 7.51. The van der Waals surface area contributed by atoms with Gasteiger partial charge in [0.25, 0.3) is 0 Å². The van der Waals surface area contributed by atoms with E-state index in [4.69, 9.17) is 0 Å². The Morgan fingerprint density at radius 3 is 2.44 bits per heavy atom. The predicted octanol–water partition coefficient (Wildman–Crippen LogP) is 2.59. The third-order valence-corrected chi connectivity index (χ3v) is 4.48. The van der Waals surface area contributed by atoms with Gasteiger partial charge in [0.1, 0.15) is 0 Å². The van der Waals surface area contributed by atoms with E-state index in [1.807, 2.05) is 43.0 Å². The Bertz CT molecular complexity index is 590. The Morgan fingerprint density at radius 1 is 1.12 bits per heavy atom. The molecule has 1 heterocycles. The molecule has 0 atom stereocenters. The molecule has 5 nitrogen and oxygen atoms in total. The van der Waals surface area contributed by atoms with Crippen LogP contribution in [0.4, 0.5) is 5.69 Å². The molecule has 0 aromatic heterocycles. The van der Waals surface area contributed by atoms with Gasteiger partial charge >= 0.3 is 0 Å². The first-order valence-electron chi connectivity index (χ1n) is 9.14. The molecule has 0 bridgehead atoms. The molecule has 1 aliphatic rings. The Labute approximate surface area is 150 Å². The zero-order valence-corrected chi connectivity index (χ0v) is 15.3. The lowest BCUT2D eigenvalue weighted by Gasteiger charge is -2.36. The second-order valence-electron chi connectivity index (χ2n) is 6.36. The minimum absolute atomic E-state index is 0.0363. The quantitative estimate of drug-likeness (QED) is 0.611. The number of anilines is 1. The normalized spacial score (nSPS) is 15.2. The number of allylic oxidation sites excluding steroid dienone is 1. The fraction of sp³-hybridized carbons (Fsp3) is 0.500. The lowest BCUT2D eigenvalue weighted by molar-refractivity contribution is -0.131. The SMILES string of the molecule is CC/C=C(/C)C(=O)NCCCC(=O)N1CCN(c2ccccc2)CC1. The number of hydrogen-bond acceptors (Lipinski definition) is 3. The van der Waals surface area contributed by atoms with E-state index in [1.165, 1.54) is 5.69 Å². The summed E-state index contributed by atoms with van der Waals surface area (Å²) in [6, 6.07) is 10.3. The summed E-state index contributed by atoms with van der Waals surface area (Å²) in [6.07, 6.45) is 3.93. The van der Waals surface area contributed by atoms with Crippen LogP contribution < -0.4 is 10.2 Å². The number of carbonyl (C=O) groups is 2. The molecule has 0 unspecified atom stereocenters. The molecule has 2 rings (SSSR count). The van der Waals surface area contributed by atoms with Gasteiger partial charge in [-0.2, -0.15) is 0 Å². The van der Waals surface area contributed by atoms with Crippen molar-refractivity contribution in [1.82, 2.24) is 10.2 Å². The van der Waals surface area contributed by atoms with Crippen molar-refractivity contribution < 1.29 is 9.59 Å². The van der Waals surface area contributed by atoms with Gasteiger partial charge < -0.3 is 15.1 Å². The van der Waals surface area contributed by atoms with Crippen LogP contribution in [0.25, 0.3) is 0 Å². The van der Waals surface area contributed by atoms with Gasteiger partial charge in [0.05, 0.1) is 0 Å². The first-order valence-corrected chi connectivity index (χ1v) is 9.14. The van der Waals surface area contributed by atoms with Crippen LogP contribution in [0, 0.1) is 0 Å². The molecule has 5 heteroatoms. The maximum absolute atomic E-state index is 12.3. The van der Waals surface area contributed by atoms with E-state index in [-0.39, 0.29) is 11.8 Å². The van der Waals surface area contributed by atoms with Crippen LogP contribution in [-0.4, -0.2) is 49.4 Å². The number of rotatable bonds is 7. The average molecular weight is 343 g/mol. The van der Waals surface area contributed by atoms with Crippen LogP contribution in [0.15, 0.2) is 42.0 Å². The second-order valence-corrected chi connectivity index (χ2v) is 6.36. The van der Waals surface area contributed by atoms with Gasteiger partial charge in [-0.25, -0.2) is 0 Å². The molecule has 0 aliphatic carbocycles. The number of hydrogen-bond donors (Lipinski definition) is 1. The van der Waals surface area contributed by atoms with E-state index < -0.39 is 0 Å². The molecular formula is C20H29N3O2. The van der Waals surface area contributed by atoms with Crippen LogP contribution in [0.2, 0.25) is 0 Å². The van der Waals surface area contributed by atoms with E-state index in [0.717, 1.165) is 38.2 Å². The van der Waals surface area contributed by atoms with E-state index in [2.05, 4.69) is 22.3 Å². The van der Waals surface area contributed by atoms with Gasteiger partial charge in [-0.3, -0.25) is 9.59 Å². The summed E-state index contributed by atoms with van der Waals surface area (Å²) in [5.74, 6) is 0.147. The third kappa shape index (κ3) is 5.93. The molecule has 136 valence electrons. The minimum atomic E-state index is -0.0363. The molecule has 1 saturated heterocycles. The van der Waals surface area contributed by atoms with Crippen molar-refractivity contribution in [3.05, 3.63) is 42.0 Å². The molecule has 1 fully saturated rings. The average Bonchev–Trinajstić information content (AvgIpc) is 2.66. The lowest BCUT2D eigenvalue weighted by atomic mass is 10.2. The van der Waals surface area contributed by atoms with Crippen molar-refractivity contribution in [3.63, 3.8) is 0 Å². The van der Waals surface area contributed by atoms with Crippen molar-refractivity contribution in [2.24, 2.45) is 0 Å². The first-order chi connectivity index (χ1) is 12.1. The minimum Gasteiger partial charge on any atom is -0.368 e. The zero-order chi connectivity index (χ0) is 18.1. The first kappa shape index (κ1) is 19.0. The summed E-state index contributed by atoms with van der Waals surface area (Å²) in [7, 11) is 0. The number of nitrogens with zero attached hydrogens (tertiary/aromatic N) is 2. The maximum Gasteiger partial charge on any atom is 0.246 e. The van der Waals surface area contributed by atoms with Crippen LogP contribution in [0.1, 0.15) is 33.1 Å². The number of benzene rings is 1. The van der Waals surface area contributed by atoms with Gasteiger partial charge in [0.2, 0.25) is 11.8 Å². The molecule has 1 N–H and O–H groups in total. The van der Waals surface area contributed by atoms with Crippen molar-refractivity contribution in [2.45, 2.75) is 33.1 Å². The molecule has 1 aromatic rings. The fourth-order valence-corrected chi connectivity index (χ4v) is 2.99. The molecule has 0 spiro atoms. The van der Waals surface area contributed by atoms with E-state index >= 15 is 0 Å². The fourth-order valence-electron chi connectivity index (χ4n) is 2.99. The molecule has 0 radical (unpaired) electrons. The van der Waals surface area contributed by atoms with E-state index in [1.54, 1.807) is 0 Å². The highest BCUT2D eigenvalue weighted by Crippen LogP contribution is 2.16. The smallest absolute Gasteiger partial charge is 0.246 e.